The van der Waals surface area contributed by atoms with Crippen LogP contribution in [0.25, 0.3) is 5.82 Å². The summed E-state index contributed by atoms with van der Waals surface area (Å²) in [5, 5.41) is 6.29. The zero-order chi connectivity index (χ0) is 14.8. The first-order valence-corrected chi connectivity index (χ1v) is 5.80. The number of aromatic nitrogens is 4. The topological polar surface area (TPSA) is 55.6 Å². The van der Waals surface area contributed by atoms with Crippen molar-refractivity contribution in [2.24, 2.45) is 0 Å². The molecule has 0 aliphatic heterocycles. The van der Waals surface area contributed by atoms with E-state index in [0.29, 0.717) is 18.9 Å². The van der Waals surface area contributed by atoms with Crippen molar-refractivity contribution < 1.29 is 17.6 Å². The molecule has 2 aromatic heterocycles. The predicted octanol–water partition coefficient (Wildman–Crippen LogP) is 2.64. The summed E-state index contributed by atoms with van der Waals surface area (Å²) in [4.78, 5) is 7.51. The molecular formula is C11H11F4N5. The average Bonchev–Trinajstić information content (AvgIpc) is 2.87. The van der Waals surface area contributed by atoms with Crippen LogP contribution >= 0.6 is 0 Å². The van der Waals surface area contributed by atoms with Crippen molar-refractivity contribution in [3.8, 4) is 5.82 Å². The first-order chi connectivity index (χ1) is 9.41. The van der Waals surface area contributed by atoms with Crippen molar-refractivity contribution in [3.05, 3.63) is 30.0 Å². The quantitative estimate of drug-likeness (QED) is 0.879. The van der Waals surface area contributed by atoms with Crippen LogP contribution in [-0.2, 0) is 6.18 Å². The van der Waals surface area contributed by atoms with E-state index >= 15 is 0 Å². The molecule has 0 saturated carbocycles. The van der Waals surface area contributed by atoms with Gasteiger partial charge in [0.1, 0.15) is 0 Å². The van der Waals surface area contributed by atoms with E-state index in [1.807, 2.05) is 6.92 Å². The average molecular weight is 289 g/mol. The Morgan fingerprint density at radius 2 is 2.05 bits per heavy atom. The van der Waals surface area contributed by atoms with Crippen LogP contribution in [0.15, 0.2) is 18.6 Å². The molecule has 0 aromatic carbocycles. The largest absolute Gasteiger partial charge is 0.419 e. The minimum absolute atomic E-state index is 0.132. The molecule has 108 valence electrons. The van der Waals surface area contributed by atoms with Crippen molar-refractivity contribution >= 4 is 5.95 Å². The molecule has 2 rings (SSSR count). The summed E-state index contributed by atoms with van der Waals surface area (Å²) in [5.41, 5.74) is -0.974. The summed E-state index contributed by atoms with van der Waals surface area (Å²) >= 11 is 0. The molecule has 2 heterocycles. The number of alkyl halides is 3. The van der Waals surface area contributed by atoms with E-state index in [9.17, 15) is 17.6 Å². The Balaban J connectivity index is 2.34. The van der Waals surface area contributed by atoms with E-state index in [2.05, 4.69) is 20.4 Å². The Labute approximate surface area is 111 Å². The minimum Gasteiger partial charge on any atom is -0.354 e. The van der Waals surface area contributed by atoms with Crippen molar-refractivity contribution in [3.63, 3.8) is 0 Å². The van der Waals surface area contributed by atoms with Crippen LogP contribution in [0.4, 0.5) is 23.5 Å². The smallest absolute Gasteiger partial charge is 0.354 e. The molecule has 20 heavy (non-hydrogen) atoms. The van der Waals surface area contributed by atoms with Gasteiger partial charge in [-0.1, -0.05) is 6.92 Å². The normalized spacial score (nSPS) is 11.7. The van der Waals surface area contributed by atoms with Gasteiger partial charge in [-0.3, -0.25) is 0 Å². The van der Waals surface area contributed by atoms with E-state index in [0.717, 1.165) is 17.3 Å². The molecular weight excluding hydrogens is 278 g/mol. The molecule has 1 N–H and O–H groups in total. The van der Waals surface area contributed by atoms with Gasteiger partial charge < -0.3 is 5.32 Å². The maximum atomic E-state index is 13.6. The highest BCUT2D eigenvalue weighted by atomic mass is 19.4. The lowest BCUT2D eigenvalue weighted by Gasteiger charge is -2.06. The summed E-state index contributed by atoms with van der Waals surface area (Å²) in [6, 6.07) is 0. The zero-order valence-corrected chi connectivity index (χ0v) is 10.4. The Morgan fingerprint density at radius 1 is 1.30 bits per heavy atom. The Bertz CT molecular complexity index is 593. The van der Waals surface area contributed by atoms with E-state index < -0.39 is 17.6 Å². The number of rotatable bonds is 4. The van der Waals surface area contributed by atoms with Crippen LogP contribution in [0.3, 0.4) is 0 Å². The van der Waals surface area contributed by atoms with E-state index in [1.165, 1.54) is 0 Å². The second-order valence-corrected chi connectivity index (χ2v) is 3.96. The predicted molar refractivity (Wildman–Crippen MR) is 62.9 cm³/mol. The third-order valence-electron chi connectivity index (χ3n) is 2.39. The molecule has 0 amide bonds. The molecule has 5 nitrogen and oxygen atoms in total. The van der Waals surface area contributed by atoms with Crippen LogP contribution < -0.4 is 5.32 Å². The summed E-state index contributed by atoms with van der Waals surface area (Å²) in [6.45, 7) is 2.48. The summed E-state index contributed by atoms with van der Waals surface area (Å²) in [5.74, 6) is -1.06. The standard InChI is InChI=1S/C11H11F4N5/c1-2-3-16-10-17-5-8(12)9(19-10)20-6-7(4-18-20)11(13,14)15/h4-6H,2-3H2,1H3,(H,16,17,19). The number of nitrogens with zero attached hydrogens (tertiary/aromatic N) is 4. The van der Waals surface area contributed by atoms with E-state index in [4.69, 9.17) is 0 Å². The van der Waals surface area contributed by atoms with Gasteiger partial charge in [-0.15, -0.1) is 0 Å². The summed E-state index contributed by atoms with van der Waals surface area (Å²) in [6.07, 6.45) is -1.56. The fourth-order valence-electron chi connectivity index (χ4n) is 1.43. The number of hydrogen-bond acceptors (Lipinski definition) is 4. The van der Waals surface area contributed by atoms with Crippen LogP contribution in [0.2, 0.25) is 0 Å². The maximum Gasteiger partial charge on any atom is 0.419 e. The first-order valence-electron chi connectivity index (χ1n) is 5.80. The molecule has 0 aliphatic rings. The Morgan fingerprint density at radius 3 is 2.65 bits per heavy atom. The van der Waals surface area contributed by atoms with Crippen LogP contribution in [0, 0.1) is 5.82 Å². The van der Waals surface area contributed by atoms with Crippen molar-refractivity contribution in [2.45, 2.75) is 19.5 Å². The highest BCUT2D eigenvalue weighted by molar-refractivity contribution is 5.33. The molecule has 0 spiro atoms. The third kappa shape index (κ3) is 3.03. The van der Waals surface area contributed by atoms with Crippen LogP contribution in [-0.4, -0.2) is 26.3 Å². The third-order valence-corrected chi connectivity index (χ3v) is 2.39. The van der Waals surface area contributed by atoms with Gasteiger partial charge in [0.05, 0.1) is 18.0 Å². The lowest BCUT2D eigenvalue weighted by molar-refractivity contribution is -0.137. The molecule has 0 radical (unpaired) electrons. The van der Waals surface area contributed by atoms with Gasteiger partial charge in [0, 0.05) is 12.7 Å². The fourth-order valence-corrected chi connectivity index (χ4v) is 1.43. The number of anilines is 1. The van der Waals surface area contributed by atoms with Gasteiger partial charge in [0.2, 0.25) is 5.95 Å². The number of hydrogen-bond donors (Lipinski definition) is 1. The second kappa shape index (κ2) is 5.43. The lowest BCUT2D eigenvalue weighted by Crippen LogP contribution is -2.09. The van der Waals surface area contributed by atoms with Gasteiger partial charge in [-0.05, 0) is 6.42 Å². The van der Waals surface area contributed by atoms with Crippen LogP contribution in [0.5, 0.6) is 0 Å². The number of nitrogens with one attached hydrogen (secondary N) is 1. The summed E-state index contributed by atoms with van der Waals surface area (Å²) < 4.78 is 51.7. The summed E-state index contributed by atoms with van der Waals surface area (Å²) in [7, 11) is 0. The molecule has 0 saturated heterocycles. The SMILES string of the molecule is CCCNc1ncc(F)c(-n2cc(C(F)(F)F)cn2)n1. The molecule has 0 unspecified atom stereocenters. The molecule has 0 fully saturated rings. The fraction of sp³-hybridized carbons (Fsp3) is 0.364. The molecule has 2 aromatic rings. The Kier molecular flexibility index (Phi) is 3.86. The highest BCUT2D eigenvalue weighted by Crippen LogP contribution is 2.29. The van der Waals surface area contributed by atoms with Gasteiger partial charge in [-0.2, -0.15) is 23.3 Å². The van der Waals surface area contributed by atoms with Gasteiger partial charge in [0.15, 0.2) is 11.6 Å². The lowest BCUT2D eigenvalue weighted by atomic mass is 10.3. The molecule has 0 aliphatic carbocycles. The first kappa shape index (κ1) is 14.2. The second-order valence-electron chi connectivity index (χ2n) is 3.96. The molecule has 0 bridgehead atoms. The molecule has 0 atom stereocenters. The maximum absolute atomic E-state index is 13.6. The molecule has 9 heteroatoms. The van der Waals surface area contributed by atoms with Crippen molar-refractivity contribution in [1.29, 1.82) is 0 Å². The van der Waals surface area contributed by atoms with Crippen LogP contribution in [0.1, 0.15) is 18.9 Å². The van der Waals surface area contributed by atoms with Crippen molar-refractivity contribution in [2.75, 3.05) is 11.9 Å². The van der Waals surface area contributed by atoms with E-state index in [-0.39, 0.29) is 11.8 Å². The monoisotopic (exact) mass is 289 g/mol. The zero-order valence-electron chi connectivity index (χ0n) is 10.4. The van der Waals surface area contributed by atoms with Crippen molar-refractivity contribution in [1.82, 2.24) is 19.7 Å². The Hall–Kier alpha value is -2.19. The van der Waals surface area contributed by atoms with Gasteiger partial charge in [0.25, 0.3) is 0 Å². The van der Waals surface area contributed by atoms with Gasteiger partial charge >= 0.3 is 6.18 Å². The highest BCUT2D eigenvalue weighted by Gasteiger charge is 2.32. The minimum atomic E-state index is -4.54. The van der Waals surface area contributed by atoms with E-state index in [1.54, 1.807) is 0 Å². The van der Waals surface area contributed by atoms with Gasteiger partial charge in [-0.25, -0.2) is 14.1 Å². The number of halogens is 4.